The van der Waals surface area contributed by atoms with Crippen molar-refractivity contribution < 1.29 is 0 Å². The molecule has 1 saturated heterocycles. The van der Waals surface area contributed by atoms with Crippen molar-refractivity contribution in [3.05, 3.63) is 0 Å². The topological polar surface area (TPSA) is 39.1 Å². The van der Waals surface area contributed by atoms with Gasteiger partial charge >= 0.3 is 0 Å². The van der Waals surface area contributed by atoms with E-state index in [-0.39, 0.29) is 5.41 Å². The first kappa shape index (κ1) is 13.8. The molecule has 0 aromatic carbocycles. The lowest BCUT2D eigenvalue weighted by atomic mass is 9.91. The Morgan fingerprint density at radius 2 is 1.89 bits per heavy atom. The summed E-state index contributed by atoms with van der Waals surface area (Å²) in [5.74, 6) is 0.986. The Bertz CT molecular complexity index is 293. The van der Waals surface area contributed by atoms with Crippen molar-refractivity contribution in [2.24, 2.45) is 11.3 Å². The van der Waals surface area contributed by atoms with Crippen LogP contribution >= 0.6 is 0 Å². The number of rotatable bonds is 6. The number of hydrogen-bond acceptors (Lipinski definition) is 3. The Morgan fingerprint density at radius 1 is 1.22 bits per heavy atom. The lowest BCUT2D eigenvalue weighted by molar-refractivity contribution is 0.181. The molecule has 0 spiro atoms. The van der Waals surface area contributed by atoms with Gasteiger partial charge in [-0.3, -0.25) is 0 Å². The Hall–Kier alpha value is -0.590. The van der Waals surface area contributed by atoms with E-state index in [0.29, 0.717) is 0 Å². The lowest BCUT2D eigenvalue weighted by Crippen LogP contribution is -2.43. The average Bonchev–Trinajstić information content (AvgIpc) is 3.19. The van der Waals surface area contributed by atoms with E-state index in [4.69, 9.17) is 5.26 Å². The van der Waals surface area contributed by atoms with Crippen molar-refractivity contribution >= 4 is 0 Å². The number of nitrogens with zero attached hydrogens (tertiary/aromatic N) is 2. The van der Waals surface area contributed by atoms with Crippen LogP contribution in [0, 0.1) is 22.7 Å². The van der Waals surface area contributed by atoms with Crippen LogP contribution in [0.5, 0.6) is 0 Å². The number of hydrogen-bond donors (Lipinski definition) is 1. The SMILES string of the molecule is CC(C)(C#N)CCN1CCC(NCC2CC2)CC1. The maximum absolute atomic E-state index is 9.01. The van der Waals surface area contributed by atoms with Crippen LogP contribution < -0.4 is 5.32 Å². The zero-order valence-electron chi connectivity index (χ0n) is 11.9. The van der Waals surface area contributed by atoms with Crippen LogP contribution in [-0.2, 0) is 0 Å². The predicted octanol–water partition coefficient (Wildman–Crippen LogP) is 2.39. The van der Waals surface area contributed by atoms with Crippen molar-refractivity contribution in [3.8, 4) is 6.07 Å². The van der Waals surface area contributed by atoms with Crippen LogP contribution in [0.3, 0.4) is 0 Å². The molecular weight excluding hydrogens is 222 g/mol. The van der Waals surface area contributed by atoms with E-state index in [1.807, 2.05) is 13.8 Å². The summed E-state index contributed by atoms with van der Waals surface area (Å²) < 4.78 is 0. The number of nitrogens with one attached hydrogen (secondary N) is 1. The van der Waals surface area contributed by atoms with Gasteiger partial charge in [0.05, 0.1) is 11.5 Å². The zero-order valence-corrected chi connectivity index (χ0v) is 11.9. The van der Waals surface area contributed by atoms with E-state index in [1.165, 1.54) is 45.3 Å². The van der Waals surface area contributed by atoms with Crippen molar-refractivity contribution in [2.75, 3.05) is 26.2 Å². The van der Waals surface area contributed by atoms with E-state index < -0.39 is 0 Å². The third kappa shape index (κ3) is 4.59. The molecule has 18 heavy (non-hydrogen) atoms. The standard InChI is InChI=1S/C15H27N3/c1-15(2,12-16)7-10-18-8-5-14(6-9-18)17-11-13-3-4-13/h13-14,17H,3-11H2,1-2H3. The van der Waals surface area contributed by atoms with Crippen molar-refractivity contribution in [1.29, 1.82) is 5.26 Å². The predicted molar refractivity (Wildman–Crippen MR) is 74.2 cm³/mol. The smallest absolute Gasteiger partial charge is 0.0684 e. The molecular formula is C15H27N3. The summed E-state index contributed by atoms with van der Waals surface area (Å²) in [7, 11) is 0. The zero-order chi connectivity index (χ0) is 13.0. The summed E-state index contributed by atoms with van der Waals surface area (Å²) in [6, 6.07) is 3.13. The van der Waals surface area contributed by atoms with E-state index in [9.17, 15) is 0 Å². The summed E-state index contributed by atoms with van der Waals surface area (Å²) >= 11 is 0. The average molecular weight is 249 g/mol. The van der Waals surface area contributed by atoms with E-state index >= 15 is 0 Å². The second kappa shape index (κ2) is 6.04. The number of likely N-dealkylation sites (tertiary alicyclic amines) is 1. The van der Waals surface area contributed by atoms with Gasteiger partial charge in [-0.15, -0.1) is 0 Å². The van der Waals surface area contributed by atoms with Crippen molar-refractivity contribution in [2.45, 2.75) is 52.0 Å². The minimum absolute atomic E-state index is 0.166. The summed E-state index contributed by atoms with van der Waals surface area (Å²) in [5, 5.41) is 12.7. The maximum Gasteiger partial charge on any atom is 0.0684 e. The van der Waals surface area contributed by atoms with Crippen molar-refractivity contribution in [3.63, 3.8) is 0 Å². The number of piperidine rings is 1. The third-order valence-corrected chi connectivity index (χ3v) is 4.34. The Kier molecular flexibility index (Phi) is 4.64. The molecule has 0 aromatic heterocycles. The highest BCUT2D eigenvalue weighted by Crippen LogP contribution is 2.28. The van der Waals surface area contributed by atoms with Crippen molar-refractivity contribution in [1.82, 2.24) is 10.2 Å². The summed E-state index contributed by atoms with van der Waals surface area (Å²) in [6.07, 6.45) is 6.42. The molecule has 2 aliphatic rings. The molecule has 2 rings (SSSR count). The number of nitriles is 1. The molecule has 0 aromatic rings. The minimum atomic E-state index is -0.166. The first-order valence-electron chi connectivity index (χ1n) is 7.46. The molecule has 0 atom stereocenters. The molecule has 1 heterocycles. The van der Waals surface area contributed by atoms with E-state index in [1.54, 1.807) is 0 Å². The van der Waals surface area contributed by atoms with Gasteiger partial charge < -0.3 is 10.2 Å². The highest BCUT2D eigenvalue weighted by atomic mass is 15.1. The first-order chi connectivity index (χ1) is 8.59. The first-order valence-corrected chi connectivity index (χ1v) is 7.46. The third-order valence-electron chi connectivity index (χ3n) is 4.34. The van der Waals surface area contributed by atoms with Gasteiger partial charge in [-0.2, -0.15) is 5.26 Å². The second-order valence-electron chi connectivity index (χ2n) is 6.71. The quantitative estimate of drug-likeness (QED) is 0.785. The monoisotopic (exact) mass is 249 g/mol. The molecule has 0 bridgehead atoms. The summed E-state index contributed by atoms with van der Waals surface area (Å²) in [5.41, 5.74) is -0.166. The molecule has 0 unspecified atom stereocenters. The molecule has 1 N–H and O–H groups in total. The highest BCUT2D eigenvalue weighted by Gasteiger charge is 2.25. The largest absolute Gasteiger partial charge is 0.314 e. The molecule has 0 amide bonds. The van der Waals surface area contributed by atoms with Crippen LogP contribution in [0.4, 0.5) is 0 Å². The van der Waals surface area contributed by atoms with Gasteiger partial charge in [0, 0.05) is 6.04 Å². The normalized spacial score (nSPS) is 22.9. The van der Waals surface area contributed by atoms with Gasteiger partial charge in [0.25, 0.3) is 0 Å². The van der Waals surface area contributed by atoms with Gasteiger partial charge in [-0.1, -0.05) is 0 Å². The fourth-order valence-electron chi connectivity index (χ4n) is 2.51. The Balaban J connectivity index is 1.59. The molecule has 3 heteroatoms. The molecule has 0 radical (unpaired) electrons. The fourth-order valence-corrected chi connectivity index (χ4v) is 2.51. The summed E-state index contributed by atoms with van der Waals surface area (Å²) in [4.78, 5) is 2.52. The highest BCUT2D eigenvalue weighted by molar-refractivity contribution is 4.92. The molecule has 2 fully saturated rings. The van der Waals surface area contributed by atoms with Crippen LogP contribution in [-0.4, -0.2) is 37.1 Å². The fraction of sp³-hybridized carbons (Fsp3) is 0.933. The van der Waals surface area contributed by atoms with Crippen LogP contribution in [0.1, 0.15) is 46.0 Å². The van der Waals surface area contributed by atoms with Gasteiger partial charge in [-0.05, 0) is 78.0 Å². The van der Waals surface area contributed by atoms with Gasteiger partial charge in [0.2, 0.25) is 0 Å². The molecule has 1 saturated carbocycles. The van der Waals surface area contributed by atoms with Gasteiger partial charge in [0.1, 0.15) is 0 Å². The Morgan fingerprint density at radius 3 is 2.44 bits per heavy atom. The maximum atomic E-state index is 9.01. The van der Waals surface area contributed by atoms with E-state index in [0.717, 1.165) is 24.9 Å². The van der Waals surface area contributed by atoms with E-state index in [2.05, 4.69) is 16.3 Å². The van der Waals surface area contributed by atoms with Gasteiger partial charge in [-0.25, -0.2) is 0 Å². The lowest BCUT2D eigenvalue weighted by Gasteiger charge is -2.33. The van der Waals surface area contributed by atoms with Crippen LogP contribution in [0.15, 0.2) is 0 Å². The second-order valence-corrected chi connectivity index (χ2v) is 6.71. The van der Waals surface area contributed by atoms with Gasteiger partial charge in [0.15, 0.2) is 0 Å². The molecule has 102 valence electrons. The molecule has 1 aliphatic heterocycles. The van der Waals surface area contributed by atoms with Crippen LogP contribution in [0.2, 0.25) is 0 Å². The Labute approximate surface area is 112 Å². The minimum Gasteiger partial charge on any atom is -0.314 e. The molecule has 3 nitrogen and oxygen atoms in total. The van der Waals surface area contributed by atoms with Crippen LogP contribution in [0.25, 0.3) is 0 Å². The summed E-state index contributed by atoms with van der Waals surface area (Å²) in [6.45, 7) is 8.80. The molecule has 1 aliphatic carbocycles.